The Kier molecular flexibility index (Phi) is 3.82. The number of halogens is 1. The minimum absolute atomic E-state index is 0.0985. The quantitative estimate of drug-likeness (QED) is 0.790. The number of hydrogen-bond donors (Lipinski definition) is 0. The Morgan fingerprint density at radius 2 is 1.79 bits per heavy atom. The van der Waals surface area contributed by atoms with Crippen LogP contribution in [0.15, 0.2) is 0 Å². The highest BCUT2D eigenvalue weighted by Gasteiger charge is 2.32. The molecule has 0 amide bonds. The van der Waals surface area contributed by atoms with E-state index >= 15 is 0 Å². The Balaban J connectivity index is 2.26. The van der Waals surface area contributed by atoms with Gasteiger partial charge in [-0.2, -0.15) is 15.0 Å². The van der Waals surface area contributed by atoms with Gasteiger partial charge in [-0.25, -0.2) is 8.42 Å². The summed E-state index contributed by atoms with van der Waals surface area (Å²) in [5.74, 6) is 1.18. The molecule has 0 radical (unpaired) electrons. The molecular weight excluding hydrogens is 290 g/mol. The van der Waals surface area contributed by atoms with E-state index in [0.29, 0.717) is 18.3 Å². The van der Waals surface area contributed by atoms with Crippen molar-refractivity contribution < 1.29 is 8.42 Å². The Morgan fingerprint density at radius 1 is 1.16 bits per heavy atom. The van der Waals surface area contributed by atoms with E-state index in [1.54, 1.807) is 30.9 Å². The summed E-state index contributed by atoms with van der Waals surface area (Å²) in [6, 6.07) is -0.113. The highest BCUT2D eigenvalue weighted by atomic mass is 35.5. The van der Waals surface area contributed by atoms with Crippen LogP contribution in [0.3, 0.4) is 0 Å². The van der Waals surface area contributed by atoms with E-state index in [0.717, 1.165) is 0 Å². The van der Waals surface area contributed by atoms with E-state index in [9.17, 15) is 8.42 Å². The van der Waals surface area contributed by atoms with E-state index in [1.165, 1.54) is 0 Å². The lowest BCUT2D eigenvalue weighted by Crippen LogP contribution is -2.34. The molecule has 1 unspecified atom stereocenters. The SMILES string of the molecule is CN(C)c1nc(Cl)nc(N(C)C2CCS(=O)(=O)C2)n1. The van der Waals surface area contributed by atoms with Gasteiger partial charge in [0.05, 0.1) is 11.5 Å². The first kappa shape index (κ1) is 14.3. The highest BCUT2D eigenvalue weighted by molar-refractivity contribution is 7.91. The van der Waals surface area contributed by atoms with Gasteiger partial charge in [-0.15, -0.1) is 0 Å². The molecular formula is C10H16ClN5O2S. The van der Waals surface area contributed by atoms with Crippen LogP contribution in [0.2, 0.25) is 5.28 Å². The van der Waals surface area contributed by atoms with Crippen LogP contribution in [0.5, 0.6) is 0 Å². The third kappa shape index (κ3) is 3.24. The zero-order valence-electron chi connectivity index (χ0n) is 11.0. The molecule has 2 rings (SSSR count). The van der Waals surface area contributed by atoms with Gasteiger partial charge in [0, 0.05) is 27.2 Å². The zero-order chi connectivity index (χ0) is 14.2. The normalized spacial score (nSPS) is 21.4. The third-order valence-corrected chi connectivity index (χ3v) is 4.98. The summed E-state index contributed by atoms with van der Waals surface area (Å²) in [4.78, 5) is 15.8. The minimum atomic E-state index is -2.94. The fraction of sp³-hybridized carbons (Fsp3) is 0.700. The molecule has 1 aliphatic rings. The van der Waals surface area contributed by atoms with Crippen molar-refractivity contribution in [1.29, 1.82) is 0 Å². The molecule has 0 saturated carbocycles. The van der Waals surface area contributed by atoms with Gasteiger partial charge in [-0.3, -0.25) is 0 Å². The van der Waals surface area contributed by atoms with Crippen molar-refractivity contribution in [2.45, 2.75) is 12.5 Å². The van der Waals surface area contributed by atoms with Crippen LogP contribution in [-0.4, -0.2) is 62.1 Å². The summed E-state index contributed by atoms with van der Waals surface area (Å²) in [6.45, 7) is 0. The summed E-state index contributed by atoms with van der Waals surface area (Å²) >= 11 is 5.87. The molecule has 0 bridgehead atoms. The van der Waals surface area contributed by atoms with Crippen molar-refractivity contribution in [3.63, 3.8) is 0 Å². The first-order chi connectivity index (χ1) is 8.78. The molecule has 0 spiro atoms. The topological polar surface area (TPSA) is 79.3 Å². The lowest BCUT2D eigenvalue weighted by molar-refractivity contribution is 0.600. The maximum Gasteiger partial charge on any atom is 0.231 e. The fourth-order valence-electron chi connectivity index (χ4n) is 1.93. The molecule has 9 heteroatoms. The molecule has 1 saturated heterocycles. The number of anilines is 2. The third-order valence-electron chi connectivity index (χ3n) is 3.06. The van der Waals surface area contributed by atoms with E-state index < -0.39 is 9.84 Å². The average molecular weight is 306 g/mol. The fourth-order valence-corrected chi connectivity index (χ4v) is 3.86. The van der Waals surface area contributed by atoms with Gasteiger partial charge < -0.3 is 9.80 Å². The standard InChI is InChI=1S/C10H16ClN5O2S/c1-15(2)9-12-8(11)13-10(14-9)16(3)7-4-5-19(17,18)6-7/h7H,4-6H2,1-3H3. The Hall–Kier alpha value is -1.15. The predicted molar refractivity (Wildman–Crippen MR) is 74.6 cm³/mol. The Morgan fingerprint density at radius 3 is 2.32 bits per heavy atom. The second-order valence-electron chi connectivity index (χ2n) is 4.77. The predicted octanol–water partition coefficient (Wildman–Crippen LogP) is 0.214. The summed E-state index contributed by atoms with van der Waals surface area (Å²) in [5, 5.41) is 0.0985. The monoisotopic (exact) mass is 305 g/mol. The van der Waals surface area contributed by atoms with Crippen molar-refractivity contribution in [1.82, 2.24) is 15.0 Å². The first-order valence-electron chi connectivity index (χ1n) is 5.80. The molecule has 1 fully saturated rings. The maximum absolute atomic E-state index is 11.5. The van der Waals surface area contributed by atoms with Gasteiger partial charge in [0.25, 0.3) is 0 Å². The smallest absolute Gasteiger partial charge is 0.231 e. The van der Waals surface area contributed by atoms with Crippen LogP contribution in [0.25, 0.3) is 0 Å². The Labute approximate surface area is 117 Å². The van der Waals surface area contributed by atoms with Gasteiger partial charge in [0.15, 0.2) is 9.84 Å². The largest absolute Gasteiger partial charge is 0.347 e. The molecule has 0 aliphatic carbocycles. The number of rotatable bonds is 3. The second kappa shape index (κ2) is 5.09. The van der Waals surface area contributed by atoms with E-state index in [1.807, 2.05) is 0 Å². The van der Waals surface area contributed by atoms with Crippen LogP contribution in [-0.2, 0) is 9.84 Å². The van der Waals surface area contributed by atoms with Gasteiger partial charge in [-0.05, 0) is 18.0 Å². The second-order valence-corrected chi connectivity index (χ2v) is 7.33. The lowest BCUT2D eigenvalue weighted by Gasteiger charge is -2.24. The molecule has 19 heavy (non-hydrogen) atoms. The van der Waals surface area contributed by atoms with Gasteiger partial charge >= 0.3 is 0 Å². The van der Waals surface area contributed by atoms with Crippen molar-refractivity contribution in [2.75, 3.05) is 42.4 Å². The van der Waals surface area contributed by atoms with Gasteiger partial charge in [0.2, 0.25) is 17.2 Å². The summed E-state index contributed by atoms with van der Waals surface area (Å²) in [6.07, 6.45) is 0.583. The Bertz CT molecular complexity index is 577. The number of nitrogens with zero attached hydrogens (tertiary/aromatic N) is 5. The first-order valence-corrected chi connectivity index (χ1v) is 8.00. The lowest BCUT2D eigenvalue weighted by atomic mass is 10.2. The van der Waals surface area contributed by atoms with Gasteiger partial charge in [-0.1, -0.05) is 0 Å². The van der Waals surface area contributed by atoms with Gasteiger partial charge in [0.1, 0.15) is 0 Å². The maximum atomic E-state index is 11.5. The molecule has 2 heterocycles. The van der Waals surface area contributed by atoms with Crippen LogP contribution in [0, 0.1) is 0 Å². The highest BCUT2D eigenvalue weighted by Crippen LogP contribution is 2.22. The molecule has 1 aromatic rings. The van der Waals surface area contributed by atoms with E-state index in [4.69, 9.17) is 11.6 Å². The van der Waals surface area contributed by atoms with Crippen molar-refractivity contribution in [3.8, 4) is 0 Å². The molecule has 1 aromatic heterocycles. The summed E-state index contributed by atoms with van der Waals surface area (Å²) < 4.78 is 23.0. The number of hydrogen-bond acceptors (Lipinski definition) is 7. The average Bonchev–Trinajstić information content (AvgIpc) is 2.68. The summed E-state index contributed by atoms with van der Waals surface area (Å²) in [5.41, 5.74) is 0. The molecule has 0 aromatic carbocycles. The van der Waals surface area contributed by atoms with E-state index in [2.05, 4.69) is 15.0 Å². The van der Waals surface area contributed by atoms with Crippen LogP contribution >= 0.6 is 11.6 Å². The molecule has 1 atom stereocenters. The minimum Gasteiger partial charge on any atom is -0.347 e. The van der Waals surface area contributed by atoms with Crippen LogP contribution < -0.4 is 9.80 Å². The van der Waals surface area contributed by atoms with Crippen molar-refractivity contribution in [3.05, 3.63) is 5.28 Å². The molecule has 106 valence electrons. The number of sulfone groups is 1. The zero-order valence-corrected chi connectivity index (χ0v) is 12.6. The number of aromatic nitrogens is 3. The molecule has 1 aliphatic heterocycles. The van der Waals surface area contributed by atoms with Crippen molar-refractivity contribution >= 4 is 33.3 Å². The summed E-state index contributed by atoms with van der Waals surface area (Å²) in [7, 11) is 2.44. The van der Waals surface area contributed by atoms with Crippen LogP contribution in [0.4, 0.5) is 11.9 Å². The van der Waals surface area contributed by atoms with E-state index in [-0.39, 0.29) is 22.8 Å². The van der Waals surface area contributed by atoms with Crippen molar-refractivity contribution in [2.24, 2.45) is 0 Å². The molecule has 7 nitrogen and oxygen atoms in total. The molecule has 0 N–H and O–H groups in total. The van der Waals surface area contributed by atoms with Crippen LogP contribution in [0.1, 0.15) is 6.42 Å².